The monoisotopic (exact) mass is 376 g/mol. The summed E-state index contributed by atoms with van der Waals surface area (Å²) in [7, 11) is 0. The largest absolute Gasteiger partial charge is 0.477 e. The van der Waals surface area contributed by atoms with E-state index in [2.05, 4.69) is 27.3 Å². The lowest BCUT2D eigenvalue weighted by molar-refractivity contribution is 0.0701. The second kappa shape index (κ2) is 8.25. The minimum absolute atomic E-state index is 0.0259. The lowest BCUT2D eigenvalue weighted by Crippen LogP contribution is -2.39. The number of hydrogen-bond acceptors (Lipinski definition) is 4. The molecule has 0 bridgehead atoms. The van der Waals surface area contributed by atoms with Crippen molar-refractivity contribution in [2.24, 2.45) is 0 Å². The second-order valence-corrected chi connectivity index (χ2v) is 6.94. The van der Waals surface area contributed by atoms with Crippen LogP contribution in [0.25, 0.3) is 11.1 Å². The van der Waals surface area contributed by atoms with Crippen molar-refractivity contribution in [3.8, 4) is 17.0 Å². The van der Waals surface area contributed by atoms with E-state index in [9.17, 15) is 4.79 Å². The minimum atomic E-state index is -0.0259. The number of nitrogens with zero attached hydrogens (tertiary/aromatic N) is 3. The number of amides is 1. The van der Waals surface area contributed by atoms with Crippen molar-refractivity contribution in [1.29, 1.82) is 0 Å². The first kappa shape index (κ1) is 18.2. The Kier molecular flexibility index (Phi) is 5.37. The number of piperidine rings is 1. The molecule has 1 atom stereocenters. The highest BCUT2D eigenvalue weighted by molar-refractivity contribution is 5.96. The number of pyridine rings is 1. The van der Waals surface area contributed by atoms with Gasteiger partial charge in [-0.25, -0.2) is 4.98 Å². The van der Waals surface area contributed by atoms with Crippen LogP contribution in [0.15, 0.2) is 54.9 Å². The zero-order valence-electron chi connectivity index (χ0n) is 16.0. The summed E-state index contributed by atoms with van der Waals surface area (Å²) in [5, 5.41) is 7.46. The standard InChI is InChI=1S/C22H24N4O2/c1-2-28-21-18(11-6-12-23-21)22(27)26-13-7-10-17(15-26)20-19(14-24-25-20)16-8-4-3-5-9-16/h3-6,8-9,11-12,14,17H,2,7,10,13,15H2,1H3,(H,24,25)/t17-/m1/s1. The van der Waals surface area contributed by atoms with Crippen molar-refractivity contribution >= 4 is 5.91 Å². The van der Waals surface area contributed by atoms with Gasteiger partial charge in [-0.3, -0.25) is 9.89 Å². The van der Waals surface area contributed by atoms with Gasteiger partial charge in [0.2, 0.25) is 5.88 Å². The molecule has 144 valence electrons. The maximum absolute atomic E-state index is 13.1. The van der Waals surface area contributed by atoms with E-state index in [1.165, 1.54) is 0 Å². The first-order valence-corrected chi connectivity index (χ1v) is 9.73. The maximum Gasteiger partial charge on any atom is 0.259 e. The predicted octanol–water partition coefficient (Wildman–Crippen LogP) is 3.89. The Labute approximate surface area is 164 Å². The van der Waals surface area contributed by atoms with Crippen molar-refractivity contribution in [3.63, 3.8) is 0 Å². The zero-order valence-corrected chi connectivity index (χ0v) is 16.0. The van der Waals surface area contributed by atoms with Gasteiger partial charge in [-0.2, -0.15) is 5.10 Å². The van der Waals surface area contributed by atoms with Crippen LogP contribution in [0.3, 0.4) is 0 Å². The summed E-state index contributed by atoms with van der Waals surface area (Å²) in [5.74, 6) is 0.605. The van der Waals surface area contributed by atoms with Gasteiger partial charge in [0.1, 0.15) is 5.56 Å². The molecule has 1 fully saturated rings. The van der Waals surface area contributed by atoms with Gasteiger partial charge in [0.15, 0.2) is 0 Å². The normalized spacial score (nSPS) is 16.8. The Morgan fingerprint density at radius 1 is 1.25 bits per heavy atom. The highest BCUT2D eigenvalue weighted by Crippen LogP contribution is 2.33. The molecule has 0 saturated carbocycles. The van der Waals surface area contributed by atoms with Gasteiger partial charge in [-0.1, -0.05) is 30.3 Å². The number of aromatic amines is 1. The topological polar surface area (TPSA) is 71.1 Å². The molecule has 1 aromatic carbocycles. The van der Waals surface area contributed by atoms with Crippen LogP contribution in [0, 0.1) is 0 Å². The Balaban J connectivity index is 1.56. The summed E-state index contributed by atoms with van der Waals surface area (Å²) < 4.78 is 5.55. The summed E-state index contributed by atoms with van der Waals surface area (Å²) in [6, 6.07) is 13.8. The zero-order chi connectivity index (χ0) is 19.3. The van der Waals surface area contributed by atoms with Gasteiger partial charge in [0.05, 0.1) is 12.8 Å². The Morgan fingerprint density at radius 2 is 2.11 bits per heavy atom. The van der Waals surface area contributed by atoms with Crippen molar-refractivity contribution in [3.05, 3.63) is 66.1 Å². The fourth-order valence-electron chi connectivity index (χ4n) is 3.83. The number of ether oxygens (including phenoxy) is 1. The molecule has 4 rings (SSSR count). The van der Waals surface area contributed by atoms with Crippen LogP contribution < -0.4 is 4.74 Å². The van der Waals surface area contributed by atoms with Crippen LogP contribution in [-0.4, -0.2) is 45.7 Å². The third-order valence-corrected chi connectivity index (χ3v) is 5.15. The molecular weight excluding hydrogens is 352 g/mol. The van der Waals surface area contributed by atoms with E-state index in [4.69, 9.17) is 4.74 Å². The quantitative estimate of drug-likeness (QED) is 0.733. The molecule has 6 heteroatoms. The molecule has 6 nitrogen and oxygen atoms in total. The molecule has 1 aliphatic rings. The second-order valence-electron chi connectivity index (χ2n) is 6.94. The summed E-state index contributed by atoms with van der Waals surface area (Å²) >= 11 is 0. The van der Waals surface area contributed by atoms with Crippen molar-refractivity contribution in [1.82, 2.24) is 20.1 Å². The van der Waals surface area contributed by atoms with Crippen molar-refractivity contribution in [2.45, 2.75) is 25.7 Å². The fraction of sp³-hybridized carbons (Fsp3) is 0.318. The highest BCUT2D eigenvalue weighted by Gasteiger charge is 2.29. The third-order valence-electron chi connectivity index (χ3n) is 5.15. The summed E-state index contributed by atoms with van der Waals surface area (Å²) in [6.07, 6.45) is 5.50. The van der Waals surface area contributed by atoms with Crippen molar-refractivity contribution < 1.29 is 9.53 Å². The van der Waals surface area contributed by atoms with Crippen LogP contribution in [0.1, 0.15) is 41.7 Å². The number of carbonyl (C=O) groups excluding carboxylic acids is 1. The lowest BCUT2D eigenvalue weighted by Gasteiger charge is -2.33. The number of H-pyrrole nitrogens is 1. The smallest absolute Gasteiger partial charge is 0.259 e. The number of carbonyl (C=O) groups is 1. The number of nitrogens with one attached hydrogen (secondary N) is 1. The average molecular weight is 376 g/mol. The SMILES string of the molecule is CCOc1ncccc1C(=O)N1CCC[C@@H](c2[nH]ncc2-c2ccccc2)C1. The molecule has 28 heavy (non-hydrogen) atoms. The molecule has 0 unspecified atom stereocenters. The number of aromatic nitrogens is 3. The van der Waals surface area contributed by atoms with Crippen LogP contribution in [-0.2, 0) is 0 Å². The molecule has 3 aromatic rings. The lowest BCUT2D eigenvalue weighted by atomic mass is 9.90. The van der Waals surface area contributed by atoms with E-state index in [1.807, 2.05) is 36.2 Å². The van der Waals surface area contributed by atoms with E-state index in [1.54, 1.807) is 18.3 Å². The Morgan fingerprint density at radius 3 is 2.93 bits per heavy atom. The van der Waals surface area contributed by atoms with Gasteiger partial charge < -0.3 is 9.64 Å². The van der Waals surface area contributed by atoms with E-state index < -0.39 is 0 Å². The van der Waals surface area contributed by atoms with Gasteiger partial charge >= 0.3 is 0 Å². The van der Waals surface area contributed by atoms with Crippen LogP contribution in [0.5, 0.6) is 5.88 Å². The van der Waals surface area contributed by atoms with E-state index >= 15 is 0 Å². The number of benzene rings is 1. The average Bonchev–Trinajstić information content (AvgIpc) is 3.25. The van der Waals surface area contributed by atoms with Gasteiger partial charge in [0, 0.05) is 36.5 Å². The molecule has 3 heterocycles. The summed E-state index contributed by atoms with van der Waals surface area (Å²) in [4.78, 5) is 19.3. The first-order valence-electron chi connectivity index (χ1n) is 9.73. The molecule has 0 radical (unpaired) electrons. The summed E-state index contributed by atoms with van der Waals surface area (Å²) in [6.45, 7) is 3.77. The molecule has 1 aliphatic heterocycles. The fourth-order valence-corrected chi connectivity index (χ4v) is 3.83. The van der Waals surface area contributed by atoms with Gasteiger partial charge in [-0.15, -0.1) is 0 Å². The Hall–Kier alpha value is -3.15. The van der Waals surface area contributed by atoms with Crippen LogP contribution in [0.4, 0.5) is 0 Å². The van der Waals surface area contributed by atoms with E-state index in [0.717, 1.165) is 36.2 Å². The number of rotatable bonds is 5. The van der Waals surface area contributed by atoms with E-state index in [-0.39, 0.29) is 11.8 Å². The molecule has 0 spiro atoms. The third kappa shape index (κ3) is 3.63. The van der Waals surface area contributed by atoms with Gasteiger partial charge in [0.25, 0.3) is 5.91 Å². The number of hydrogen-bond donors (Lipinski definition) is 1. The predicted molar refractivity (Wildman–Crippen MR) is 107 cm³/mol. The van der Waals surface area contributed by atoms with Gasteiger partial charge in [-0.05, 0) is 37.5 Å². The number of likely N-dealkylation sites (tertiary alicyclic amines) is 1. The maximum atomic E-state index is 13.1. The van der Waals surface area contributed by atoms with Crippen LogP contribution in [0.2, 0.25) is 0 Å². The minimum Gasteiger partial charge on any atom is -0.477 e. The highest BCUT2D eigenvalue weighted by atomic mass is 16.5. The van der Waals surface area contributed by atoms with Crippen LogP contribution >= 0.6 is 0 Å². The molecule has 0 aliphatic carbocycles. The molecule has 2 aromatic heterocycles. The Bertz CT molecular complexity index is 938. The molecule has 1 amide bonds. The molecule has 1 N–H and O–H groups in total. The van der Waals surface area contributed by atoms with E-state index in [0.29, 0.717) is 24.6 Å². The molecular formula is C22H24N4O2. The van der Waals surface area contributed by atoms with Crippen molar-refractivity contribution in [2.75, 3.05) is 19.7 Å². The molecule has 1 saturated heterocycles. The summed E-state index contributed by atoms with van der Waals surface area (Å²) in [5.41, 5.74) is 3.87. The first-order chi connectivity index (χ1) is 13.8.